The van der Waals surface area contributed by atoms with E-state index in [1.165, 1.54) is 0 Å². The van der Waals surface area contributed by atoms with E-state index in [4.69, 9.17) is 9.84 Å². The first-order valence-electron chi connectivity index (χ1n) is 5.38. The molecule has 1 rings (SSSR count). The van der Waals surface area contributed by atoms with E-state index in [1.54, 1.807) is 13.0 Å². The molecular formula is C13H15BrO3. The summed E-state index contributed by atoms with van der Waals surface area (Å²) in [6, 6.07) is 5.55. The molecule has 0 atom stereocenters. The quantitative estimate of drug-likeness (QED) is 0.843. The Labute approximate surface area is 109 Å². The molecule has 4 heteroatoms. The number of benzene rings is 1. The molecule has 0 aliphatic rings. The van der Waals surface area contributed by atoms with Crippen LogP contribution in [0.1, 0.15) is 25.8 Å². The summed E-state index contributed by atoms with van der Waals surface area (Å²) < 4.78 is 6.46. The highest BCUT2D eigenvalue weighted by Gasteiger charge is 2.05. The van der Waals surface area contributed by atoms with Gasteiger partial charge in [-0.2, -0.15) is 0 Å². The van der Waals surface area contributed by atoms with Gasteiger partial charge in [-0.3, -0.25) is 0 Å². The summed E-state index contributed by atoms with van der Waals surface area (Å²) in [4.78, 5) is 10.8. The van der Waals surface area contributed by atoms with Crippen LogP contribution < -0.4 is 4.74 Å². The first-order valence-corrected chi connectivity index (χ1v) is 6.18. The van der Waals surface area contributed by atoms with E-state index >= 15 is 0 Å². The lowest BCUT2D eigenvalue weighted by atomic mass is 10.1. The predicted molar refractivity (Wildman–Crippen MR) is 71.2 cm³/mol. The van der Waals surface area contributed by atoms with Crippen LogP contribution in [0.15, 0.2) is 28.2 Å². The minimum atomic E-state index is -0.925. The highest BCUT2D eigenvalue weighted by Crippen LogP contribution is 2.25. The van der Waals surface area contributed by atoms with E-state index in [0.717, 1.165) is 16.5 Å². The third-order valence-electron chi connectivity index (χ3n) is 2.14. The molecule has 1 aromatic rings. The molecule has 92 valence electrons. The Balaban J connectivity index is 3.06. The molecule has 1 N–H and O–H groups in total. The first kappa shape index (κ1) is 13.8. The summed E-state index contributed by atoms with van der Waals surface area (Å²) in [6.07, 6.45) is 2.52. The lowest BCUT2D eigenvalue weighted by molar-refractivity contribution is -0.132. The van der Waals surface area contributed by atoms with E-state index in [-0.39, 0.29) is 5.57 Å². The highest BCUT2D eigenvalue weighted by molar-refractivity contribution is 9.10. The molecule has 0 unspecified atom stereocenters. The lowest BCUT2D eigenvalue weighted by Crippen LogP contribution is -1.99. The van der Waals surface area contributed by atoms with Crippen LogP contribution in [-0.2, 0) is 4.79 Å². The van der Waals surface area contributed by atoms with E-state index in [9.17, 15) is 4.79 Å². The monoisotopic (exact) mass is 298 g/mol. The summed E-state index contributed by atoms with van der Waals surface area (Å²) in [5.74, 6) is -0.220. The standard InChI is InChI=1S/C13H15BrO3/c1-3-6-17-12-5-4-11(14)8-10(12)7-9(2)13(15)16/h4-5,7-8H,3,6H2,1-2H3,(H,15,16). The molecule has 0 aromatic heterocycles. The van der Waals surface area contributed by atoms with Gasteiger partial charge in [0.15, 0.2) is 0 Å². The van der Waals surface area contributed by atoms with Crippen molar-refractivity contribution in [3.63, 3.8) is 0 Å². The van der Waals surface area contributed by atoms with Crippen molar-refractivity contribution in [3.8, 4) is 5.75 Å². The van der Waals surface area contributed by atoms with Crippen molar-refractivity contribution in [2.75, 3.05) is 6.61 Å². The van der Waals surface area contributed by atoms with Crippen molar-refractivity contribution in [2.24, 2.45) is 0 Å². The largest absolute Gasteiger partial charge is 0.493 e. The average Bonchev–Trinajstić information content (AvgIpc) is 2.28. The van der Waals surface area contributed by atoms with Crippen LogP contribution in [0.5, 0.6) is 5.75 Å². The van der Waals surface area contributed by atoms with Gasteiger partial charge in [-0.25, -0.2) is 4.79 Å². The maximum Gasteiger partial charge on any atom is 0.331 e. The fraction of sp³-hybridized carbons (Fsp3) is 0.308. The number of hydrogen-bond acceptors (Lipinski definition) is 2. The second-order valence-corrected chi connectivity index (χ2v) is 4.58. The van der Waals surface area contributed by atoms with Gasteiger partial charge < -0.3 is 9.84 Å². The van der Waals surface area contributed by atoms with Gasteiger partial charge in [0.25, 0.3) is 0 Å². The zero-order valence-corrected chi connectivity index (χ0v) is 11.5. The van der Waals surface area contributed by atoms with Crippen LogP contribution in [-0.4, -0.2) is 17.7 Å². The number of ether oxygens (including phenoxy) is 1. The normalized spacial score (nSPS) is 11.4. The van der Waals surface area contributed by atoms with Crippen LogP contribution in [0, 0.1) is 0 Å². The van der Waals surface area contributed by atoms with Gasteiger partial charge in [0.05, 0.1) is 6.61 Å². The molecule has 0 aliphatic heterocycles. The third kappa shape index (κ3) is 4.23. The van der Waals surface area contributed by atoms with Crippen LogP contribution in [0.3, 0.4) is 0 Å². The van der Waals surface area contributed by atoms with Gasteiger partial charge in [0, 0.05) is 15.6 Å². The molecule has 0 aliphatic carbocycles. The molecule has 17 heavy (non-hydrogen) atoms. The van der Waals surface area contributed by atoms with Crippen LogP contribution in [0.4, 0.5) is 0 Å². The van der Waals surface area contributed by atoms with Crippen LogP contribution in [0.25, 0.3) is 6.08 Å². The molecule has 0 spiro atoms. The van der Waals surface area contributed by atoms with E-state index in [2.05, 4.69) is 15.9 Å². The van der Waals surface area contributed by atoms with Crippen molar-refractivity contribution >= 4 is 28.0 Å². The average molecular weight is 299 g/mol. The summed E-state index contributed by atoms with van der Waals surface area (Å²) in [6.45, 7) is 4.21. The number of aliphatic carboxylic acids is 1. The molecule has 0 saturated carbocycles. The van der Waals surface area contributed by atoms with Crippen molar-refractivity contribution in [3.05, 3.63) is 33.8 Å². The zero-order chi connectivity index (χ0) is 12.8. The van der Waals surface area contributed by atoms with Gasteiger partial charge in [-0.05, 0) is 37.6 Å². The molecule has 0 radical (unpaired) electrons. The first-order chi connectivity index (χ1) is 8.04. The SMILES string of the molecule is CCCOc1ccc(Br)cc1C=C(C)C(=O)O. The Kier molecular flexibility index (Phi) is 5.22. The van der Waals surface area contributed by atoms with E-state index in [0.29, 0.717) is 12.4 Å². The zero-order valence-electron chi connectivity index (χ0n) is 9.87. The van der Waals surface area contributed by atoms with Crippen molar-refractivity contribution < 1.29 is 14.6 Å². The molecule has 3 nitrogen and oxygen atoms in total. The number of hydrogen-bond donors (Lipinski definition) is 1. The Hall–Kier alpha value is -1.29. The summed E-state index contributed by atoms with van der Waals surface area (Å²) in [5, 5.41) is 8.86. The summed E-state index contributed by atoms with van der Waals surface area (Å²) in [7, 11) is 0. The van der Waals surface area contributed by atoms with Gasteiger partial charge in [0.1, 0.15) is 5.75 Å². The third-order valence-corrected chi connectivity index (χ3v) is 2.64. The van der Waals surface area contributed by atoms with Gasteiger partial charge in [-0.15, -0.1) is 0 Å². The predicted octanol–water partition coefficient (Wildman–Crippen LogP) is 3.73. The fourth-order valence-corrected chi connectivity index (χ4v) is 1.65. The van der Waals surface area contributed by atoms with Crippen molar-refractivity contribution in [1.82, 2.24) is 0 Å². The van der Waals surface area contributed by atoms with Crippen LogP contribution in [0.2, 0.25) is 0 Å². The molecule has 0 fully saturated rings. The summed E-state index contributed by atoms with van der Waals surface area (Å²) >= 11 is 3.36. The van der Waals surface area contributed by atoms with Gasteiger partial charge in [-0.1, -0.05) is 22.9 Å². The maximum absolute atomic E-state index is 10.8. The van der Waals surface area contributed by atoms with Crippen molar-refractivity contribution in [2.45, 2.75) is 20.3 Å². The topological polar surface area (TPSA) is 46.5 Å². The number of carboxylic acids is 1. The molecule has 0 saturated heterocycles. The highest BCUT2D eigenvalue weighted by atomic mass is 79.9. The van der Waals surface area contributed by atoms with Gasteiger partial charge in [0.2, 0.25) is 0 Å². The fourth-order valence-electron chi connectivity index (χ4n) is 1.27. The lowest BCUT2D eigenvalue weighted by Gasteiger charge is -2.09. The molecule has 0 heterocycles. The number of carbonyl (C=O) groups is 1. The Morgan fingerprint density at radius 3 is 2.82 bits per heavy atom. The second kappa shape index (κ2) is 6.45. The minimum absolute atomic E-state index is 0.282. The van der Waals surface area contributed by atoms with Gasteiger partial charge >= 0.3 is 5.97 Å². The molecule has 1 aromatic carbocycles. The van der Waals surface area contributed by atoms with E-state index < -0.39 is 5.97 Å². The Bertz CT molecular complexity index is 438. The number of rotatable bonds is 5. The maximum atomic E-state index is 10.8. The second-order valence-electron chi connectivity index (χ2n) is 3.66. The summed E-state index contributed by atoms with van der Waals surface area (Å²) in [5.41, 5.74) is 1.05. The number of halogens is 1. The minimum Gasteiger partial charge on any atom is -0.493 e. The molecule has 0 bridgehead atoms. The molecule has 0 amide bonds. The smallest absolute Gasteiger partial charge is 0.331 e. The van der Waals surface area contributed by atoms with Crippen LogP contribution >= 0.6 is 15.9 Å². The van der Waals surface area contributed by atoms with E-state index in [1.807, 2.05) is 25.1 Å². The Morgan fingerprint density at radius 1 is 1.53 bits per heavy atom. The van der Waals surface area contributed by atoms with Crippen molar-refractivity contribution in [1.29, 1.82) is 0 Å². The Morgan fingerprint density at radius 2 is 2.24 bits per heavy atom. The number of carboxylic acid groups (broad SMARTS) is 1. The molecular weight excluding hydrogens is 284 g/mol.